The number of halogens is 1. The third-order valence-corrected chi connectivity index (χ3v) is 5.14. The molecule has 6 heteroatoms. The highest BCUT2D eigenvalue weighted by Crippen LogP contribution is 2.38. The van der Waals surface area contributed by atoms with E-state index in [-0.39, 0.29) is 0 Å². The first kappa shape index (κ1) is 17.5. The summed E-state index contributed by atoms with van der Waals surface area (Å²) in [6, 6.07) is 7.31. The smallest absolute Gasteiger partial charge is 0.194 e. The summed E-state index contributed by atoms with van der Waals surface area (Å²) in [5.41, 5.74) is 1.09. The maximum atomic E-state index is 10.4. The molecule has 132 valence electrons. The van der Waals surface area contributed by atoms with Crippen molar-refractivity contribution < 1.29 is 9.84 Å². The number of nitrogens with one attached hydrogen (secondary N) is 1. The van der Waals surface area contributed by atoms with Gasteiger partial charge in [-0.2, -0.15) is 0 Å². The first-order valence-electron chi connectivity index (χ1n) is 8.66. The van der Waals surface area contributed by atoms with Gasteiger partial charge in [0.05, 0.1) is 19.3 Å². The lowest BCUT2D eigenvalue weighted by Crippen LogP contribution is -2.41. The predicted octanol–water partition coefficient (Wildman–Crippen LogP) is 2.45. The Morgan fingerprint density at radius 3 is 3.08 bits per heavy atom. The van der Waals surface area contributed by atoms with Gasteiger partial charge in [-0.15, -0.1) is 0 Å². The van der Waals surface area contributed by atoms with Crippen LogP contribution in [0.1, 0.15) is 31.4 Å². The number of hydrogen-bond acceptors (Lipinski definition) is 3. The zero-order valence-corrected chi connectivity index (χ0v) is 14.9. The number of ether oxygens (including phenoxy) is 1. The quantitative estimate of drug-likeness (QED) is 0.646. The van der Waals surface area contributed by atoms with Crippen LogP contribution in [0.3, 0.4) is 0 Å². The van der Waals surface area contributed by atoms with Crippen LogP contribution < -0.4 is 5.32 Å². The van der Waals surface area contributed by atoms with E-state index < -0.39 is 6.10 Å². The fraction of sp³-hybridized carbons (Fsp3) is 0.611. The van der Waals surface area contributed by atoms with Crippen LogP contribution in [0.5, 0.6) is 0 Å². The number of likely N-dealkylation sites (tertiary alicyclic amines) is 1. The number of nitrogens with zero attached hydrogens (tertiary/aromatic N) is 2. The Bertz CT molecular complexity index is 587. The lowest BCUT2D eigenvalue weighted by Gasteiger charge is -2.25. The third kappa shape index (κ3) is 4.02. The third-order valence-electron chi connectivity index (χ3n) is 4.91. The SMILES string of the molecule is CCNC(=NCC(O)c1cccc(Cl)c1)N1CCC2(CCOC2)C1. The largest absolute Gasteiger partial charge is 0.386 e. The summed E-state index contributed by atoms with van der Waals surface area (Å²) in [7, 11) is 0. The molecule has 0 saturated carbocycles. The summed E-state index contributed by atoms with van der Waals surface area (Å²) in [6.45, 7) is 6.89. The molecule has 2 saturated heterocycles. The van der Waals surface area contributed by atoms with Gasteiger partial charge in [-0.05, 0) is 37.5 Å². The normalized spacial score (nSPS) is 25.5. The molecular weight excluding hydrogens is 326 g/mol. The van der Waals surface area contributed by atoms with Crippen LogP contribution in [0.2, 0.25) is 5.02 Å². The molecule has 2 fully saturated rings. The maximum absolute atomic E-state index is 10.4. The lowest BCUT2D eigenvalue weighted by atomic mass is 9.87. The molecule has 3 rings (SSSR count). The Hall–Kier alpha value is -1.30. The van der Waals surface area contributed by atoms with Gasteiger partial charge in [0.2, 0.25) is 0 Å². The molecule has 24 heavy (non-hydrogen) atoms. The average Bonchev–Trinajstić information content (AvgIpc) is 3.21. The van der Waals surface area contributed by atoms with E-state index in [0.717, 1.165) is 57.2 Å². The minimum atomic E-state index is -0.649. The number of guanidine groups is 1. The van der Waals surface area contributed by atoms with Crippen molar-refractivity contribution in [3.8, 4) is 0 Å². The molecule has 2 heterocycles. The van der Waals surface area contributed by atoms with Crippen molar-refractivity contribution >= 4 is 17.6 Å². The van der Waals surface area contributed by atoms with Crippen LogP contribution >= 0.6 is 11.6 Å². The van der Waals surface area contributed by atoms with E-state index in [1.54, 1.807) is 12.1 Å². The molecule has 1 aromatic carbocycles. The highest BCUT2D eigenvalue weighted by molar-refractivity contribution is 6.30. The maximum Gasteiger partial charge on any atom is 0.194 e. The van der Waals surface area contributed by atoms with Crippen LogP contribution in [0.15, 0.2) is 29.3 Å². The van der Waals surface area contributed by atoms with Crippen LogP contribution in [-0.4, -0.2) is 55.4 Å². The number of aliphatic hydroxyl groups is 1. The molecule has 0 aromatic heterocycles. The Morgan fingerprint density at radius 2 is 2.38 bits per heavy atom. The Morgan fingerprint density at radius 1 is 1.50 bits per heavy atom. The van der Waals surface area contributed by atoms with Crippen molar-refractivity contribution in [2.24, 2.45) is 10.4 Å². The summed E-state index contributed by atoms with van der Waals surface area (Å²) >= 11 is 5.99. The second-order valence-corrected chi connectivity index (χ2v) is 7.18. The predicted molar refractivity (Wildman–Crippen MR) is 96.4 cm³/mol. The van der Waals surface area contributed by atoms with Gasteiger partial charge >= 0.3 is 0 Å². The van der Waals surface area contributed by atoms with Crippen molar-refractivity contribution in [2.45, 2.75) is 25.9 Å². The van der Waals surface area contributed by atoms with Gasteiger partial charge in [-0.1, -0.05) is 23.7 Å². The molecule has 2 aliphatic heterocycles. The summed E-state index contributed by atoms with van der Waals surface area (Å²) in [5, 5.41) is 14.4. The Kier molecular flexibility index (Phi) is 5.64. The van der Waals surface area contributed by atoms with E-state index in [4.69, 9.17) is 16.3 Å². The fourth-order valence-electron chi connectivity index (χ4n) is 3.51. The van der Waals surface area contributed by atoms with Crippen LogP contribution in [0.4, 0.5) is 0 Å². The molecule has 1 spiro atoms. The highest BCUT2D eigenvalue weighted by atomic mass is 35.5. The molecule has 5 nitrogen and oxygen atoms in total. The molecular formula is C18H26ClN3O2. The van der Waals surface area contributed by atoms with Crippen molar-refractivity contribution in [1.29, 1.82) is 0 Å². The minimum Gasteiger partial charge on any atom is -0.386 e. The van der Waals surface area contributed by atoms with E-state index in [1.165, 1.54) is 0 Å². The van der Waals surface area contributed by atoms with E-state index in [1.807, 2.05) is 12.1 Å². The number of rotatable bonds is 4. The average molecular weight is 352 g/mol. The van der Waals surface area contributed by atoms with Gasteiger partial charge in [0.25, 0.3) is 0 Å². The van der Waals surface area contributed by atoms with Gasteiger partial charge in [0.1, 0.15) is 0 Å². The monoisotopic (exact) mass is 351 g/mol. The zero-order valence-electron chi connectivity index (χ0n) is 14.2. The van der Waals surface area contributed by atoms with Crippen LogP contribution in [0.25, 0.3) is 0 Å². The highest BCUT2D eigenvalue weighted by Gasteiger charge is 2.42. The first-order valence-corrected chi connectivity index (χ1v) is 9.04. The summed E-state index contributed by atoms with van der Waals surface area (Å²) in [4.78, 5) is 6.95. The second-order valence-electron chi connectivity index (χ2n) is 6.74. The summed E-state index contributed by atoms with van der Waals surface area (Å²) < 4.78 is 5.60. The molecule has 0 amide bonds. The molecule has 0 aliphatic carbocycles. The molecule has 0 radical (unpaired) electrons. The molecule has 1 aromatic rings. The van der Waals surface area contributed by atoms with E-state index in [2.05, 4.69) is 22.1 Å². The topological polar surface area (TPSA) is 57.1 Å². The van der Waals surface area contributed by atoms with Gasteiger partial charge in [-0.25, -0.2) is 0 Å². The standard InChI is InChI=1S/C18H26ClN3O2/c1-2-20-17(22-8-6-18(12-22)7-9-24-13-18)21-11-16(23)14-4-3-5-15(19)10-14/h3-5,10,16,23H,2,6-9,11-13H2,1H3,(H,20,21). The zero-order chi connectivity index (χ0) is 17.0. The lowest BCUT2D eigenvalue weighted by molar-refractivity contribution is 0.156. The molecule has 2 aliphatic rings. The van der Waals surface area contributed by atoms with Gasteiger partial charge in [0.15, 0.2) is 5.96 Å². The number of benzene rings is 1. The van der Waals surface area contributed by atoms with E-state index in [9.17, 15) is 5.11 Å². The Labute approximate surface area is 148 Å². The molecule has 0 bridgehead atoms. The van der Waals surface area contributed by atoms with Crippen molar-refractivity contribution in [1.82, 2.24) is 10.2 Å². The summed E-state index contributed by atoms with van der Waals surface area (Å²) in [6.07, 6.45) is 1.63. The van der Waals surface area contributed by atoms with Crippen LogP contribution in [-0.2, 0) is 4.74 Å². The number of aliphatic hydroxyl groups excluding tert-OH is 1. The van der Waals surface area contributed by atoms with Crippen molar-refractivity contribution in [3.05, 3.63) is 34.9 Å². The number of hydrogen-bond donors (Lipinski definition) is 2. The second kappa shape index (κ2) is 7.72. The fourth-order valence-corrected chi connectivity index (χ4v) is 3.70. The van der Waals surface area contributed by atoms with Gasteiger partial charge < -0.3 is 20.1 Å². The Balaban J connectivity index is 1.65. The molecule has 2 atom stereocenters. The van der Waals surface area contributed by atoms with E-state index >= 15 is 0 Å². The van der Waals surface area contributed by atoms with E-state index in [0.29, 0.717) is 17.0 Å². The minimum absolute atomic E-state index is 0.293. The van der Waals surface area contributed by atoms with Gasteiger partial charge in [0, 0.05) is 36.7 Å². The summed E-state index contributed by atoms with van der Waals surface area (Å²) in [5.74, 6) is 0.877. The first-order chi connectivity index (χ1) is 11.6. The van der Waals surface area contributed by atoms with Crippen molar-refractivity contribution in [3.63, 3.8) is 0 Å². The molecule has 2 N–H and O–H groups in total. The number of aliphatic imine (C=N–C) groups is 1. The van der Waals surface area contributed by atoms with Crippen LogP contribution in [0, 0.1) is 5.41 Å². The van der Waals surface area contributed by atoms with Gasteiger partial charge in [-0.3, -0.25) is 4.99 Å². The molecule has 2 unspecified atom stereocenters. The van der Waals surface area contributed by atoms with Crippen molar-refractivity contribution in [2.75, 3.05) is 39.4 Å².